The number of hydrogen-bond acceptors (Lipinski definition) is 2. The molecule has 0 fully saturated rings. The highest BCUT2D eigenvalue weighted by molar-refractivity contribution is 9.10. The number of amides is 1. The predicted molar refractivity (Wildman–Crippen MR) is 88.9 cm³/mol. The zero-order valence-electron chi connectivity index (χ0n) is 12.7. The topological polar surface area (TPSA) is 51.3 Å². The van der Waals surface area contributed by atoms with Crippen molar-refractivity contribution in [3.63, 3.8) is 0 Å². The van der Waals surface area contributed by atoms with E-state index in [1.54, 1.807) is 0 Å². The number of aromatic nitrogens is 3. The van der Waals surface area contributed by atoms with E-state index in [4.69, 9.17) is 0 Å². The second kappa shape index (κ2) is 5.61. The molecule has 3 aromatic rings. The van der Waals surface area contributed by atoms with E-state index >= 15 is 0 Å². The Labute approximate surface area is 137 Å². The molecule has 0 aliphatic heterocycles. The standard InChI is InChI=1S/C16H17BrN4O/c1-10-4-6-13(20(10)3)8-18-16(22)15-11(2)19-14-7-5-12(17)9-21(14)15/h4-7,9H,8H2,1-3H3,(H,18,22). The van der Waals surface area contributed by atoms with Crippen LogP contribution in [0.3, 0.4) is 0 Å². The smallest absolute Gasteiger partial charge is 0.270 e. The van der Waals surface area contributed by atoms with Gasteiger partial charge in [-0.1, -0.05) is 0 Å². The maximum absolute atomic E-state index is 12.5. The number of pyridine rings is 1. The van der Waals surface area contributed by atoms with Crippen LogP contribution >= 0.6 is 15.9 Å². The van der Waals surface area contributed by atoms with E-state index < -0.39 is 0 Å². The van der Waals surface area contributed by atoms with Crippen molar-refractivity contribution in [3.05, 3.63) is 57.7 Å². The van der Waals surface area contributed by atoms with Gasteiger partial charge in [-0.15, -0.1) is 0 Å². The molecule has 0 saturated heterocycles. The average molecular weight is 361 g/mol. The molecule has 0 aliphatic carbocycles. The third-order valence-corrected chi connectivity index (χ3v) is 4.35. The molecular formula is C16H17BrN4O. The van der Waals surface area contributed by atoms with Crippen LogP contribution in [-0.4, -0.2) is 19.9 Å². The number of rotatable bonds is 3. The minimum atomic E-state index is -0.123. The first-order valence-electron chi connectivity index (χ1n) is 7.01. The van der Waals surface area contributed by atoms with Gasteiger partial charge in [-0.2, -0.15) is 0 Å². The van der Waals surface area contributed by atoms with Crippen LogP contribution in [0.25, 0.3) is 5.65 Å². The Balaban J connectivity index is 1.87. The van der Waals surface area contributed by atoms with Crippen LogP contribution in [0.2, 0.25) is 0 Å². The van der Waals surface area contributed by atoms with Crippen molar-refractivity contribution >= 4 is 27.5 Å². The zero-order valence-corrected chi connectivity index (χ0v) is 14.3. The van der Waals surface area contributed by atoms with Gasteiger partial charge in [-0.05, 0) is 54.0 Å². The Morgan fingerprint density at radius 3 is 2.73 bits per heavy atom. The lowest BCUT2D eigenvalue weighted by Crippen LogP contribution is -2.26. The van der Waals surface area contributed by atoms with Crippen molar-refractivity contribution in [3.8, 4) is 0 Å². The van der Waals surface area contributed by atoms with E-state index in [0.29, 0.717) is 12.2 Å². The van der Waals surface area contributed by atoms with Gasteiger partial charge in [0.2, 0.25) is 0 Å². The van der Waals surface area contributed by atoms with Crippen LogP contribution < -0.4 is 5.32 Å². The number of aryl methyl sites for hydroxylation is 2. The summed E-state index contributed by atoms with van der Waals surface area (Å²) in [6.07, 6.45) is 1.86. The fourth-order valence-electron chi connectivity index (χ4n) is 2.51. The second-order valence-corrected chi connectivity index (χ2v) is 6.24. The summed E-state index contributed by atoms with van der Waals surface area (Å²) in [7, 11) is 1.99. The van der Waals surface area contributed by atoms with Crippen molar-refractivity contribution in [2.24, 2.45) is 7.05 Å². The molecule has 22 heavy (non-hydrogen) atoms. The number of fused-ring (bicyclic) bond motifs is 1. The minimum Gasteiger partial charge on any atom is -0.350 e. The van der Waals surface area contributed by atoms with Crippen LogP contribution in [0.5, 0.6) is 0 Å². The summed E-state index contributed by atoms with van der Waals surface area (Å²) in [5.41, 5.74) is 4.29. The SMILES string of the molecule is Cc1nc2ccc(Br)cn2c1C(=O)NCc1ccc(C)n1C. The molecular weight excluding hydrogens is 344 g/mol. The first-order chi connectivity index (χ1) is 10.5. The van der Waals surface area contributed by atoms with Crippen LogP contribution in [0.4, 0.5) is 0 Å². The van der Waals surface area contributed by atoms with Crippen molar-refractivity contribution < 1.29 is 4.79 Å². The minimum absolute atomic E-state index is 0.123. The lowest BCUT2D eigenvalue weighted by atomic mass is 10.3. The second-order valence-electron chi connectivity index (χ2n) is 5.33. The molecule has 1 N–H and O–H groups in total. The van der Waals surface area contributed by atoms with Crippen molar-refractivity contribution in [1.82, 2.24) is 19.3 Å². The Bertz CT molecular complexity index is 863. The molecule has 114 valence electrons. The van der Waals surface area contributed by atoms with Gasteiger partial charge in [0.25, 0.3) is 5.91 Å². The van der Waals surface area contributed by atoms with E-state index in [2.05, 4.69) is 30.8 Å². The summed E-state index contributed by atoms with van der Waals surface area (Å²) in [5, 5.41) is 2.97. The molecule has 1 amide bonds. The first-order valence-corrected chi connectivity index (χ1v) is 7.80. The number of carbonyl (C=O) groups is 1. The Hall–Kier alpha value is -2.08. The highest BCUT2D eigenvalue weighted by Gasteiger charge is 2.16. The quantitative estimate of drug-likeness (QED) is 0.780. The van der Waals surface area contributed by atoms with Crippen molar-refractivity contribution in [2.45, 2.75) is 20.4 Å². The molecule has 6 heteroatoms. The number of carbonyl (C=O) groups excluding carboxylic acids is 1. The van der Waals surface area contributed by atoms with E-state index in [9.17, 15) is 4.79 Å². The van der Waals surface area contributed by atoms with E-state index in [1.165, 1.54) is 5.69 Å². The third kappa shape index (κ3) is 2.54. The lowest BCUT2D eigenvalue weighted by molar-refractivity contribution is 0.0943. The molecule has 0 radical (unpaired) electrons. The molecule has 0 saturated carbocycles. The van der Waals surface area contributed by atoms with Crippen LogP contribution in [-0.2, 0) is 13.6 Å². The van der Waals surface area contributed by atoms with Crippen LogP contribution in [0.15, 0.2) is 34.9 Å². The van der Waals surface area contributed by atoms with Crippen LogP contribution in [0, 0.1) is 13.8 Å². The molecule has 3 aromatic heterocycles. The predicted octanol–water partition coefficient (Wildman–Crippen LogP) is 2.98. The van der Waals surface area contributed by atoms with Crippen LogP contribution in [0.1, 0.15) is 27.6 Å². The molecule has 0 bridgehead atoms. The Kier molecular flexibility index (Phi) is 3.78. The highest BCUT2D eigenvalue weighted by atomic mass is 79.9. The van der Waals surface area contributed by atoms with Gasteiger partial charge in [0.05, 0.1) is 12.2 Å². The van der Waals surface area contributed by atoms with E-state index in [-0.39, 0.29) is 5.91 Å². The molecule has 0 aliphatic rings. The van der Waals surface area contributed by atoms with E-state index in [0.717, 1.165) is 21.5 Å². The van der Waals surface area contributed by atoms with Crippen molar-refractivity contribution in [1.29, 1.82) is 0 Å². The lowest BCUT2D eigenvalue weighted by Gasteiger charge is -2.08. The number of halogens is 1. The monoisotopic (exact) mass is 360 g/mol. The third-order valence-electron chi connectivity index (χ3n) is 3.88. The fraction of sp³-hybridized carbons (Fsp3) is 0.250. The van der Waals surface area contributed by atoms with Crippen molar-refractivity contribution in [2.75, 3.05) is 0 Å². The van der Waals surface area contributed by atoms with Gasteiger partial charge in [-0.25, -0.2) is 4.98 Å². The van der Waals surface area contributed by atoms with Gasteiger partial charge < -0.3 is 9.88 Å². The van der Waals surface area contributed by atoms with Gasteiger partial charge >= 0.3 is 0 Å². The summed E-state index contributed by atoms with van der Waals surface area (Å²) < 4.78 is 4.79. The summed E-state index contributed by atoms with van der Waals surface area (Å²) in [5.74, 6) is -0.123. The number of imidazole rings is 1. The molecule has 3 heterocycles. The normalized spacial score (nSPS) is 11.1. The molecule has 0 unspecified atom stereocenters. The van der Waals surface area contributed by atoms with Gasteiger partial charge in [0, 0.05) is 29.1 Å². The van der Waals surface area contributed by atoms with Gasteiger partial charge in [0.1, 0.15) is 11.3 Å². The Morgan fingerprint density at radius 2 is 2.05 bits per heavy atom. The number of nitrogens with one attached hydrogen (secondary N) is 1. The summed E-state index contributed by atoms with van der Waals surface area (Å²) in [6.45, 7) is 4.38. The molecule has 0 aromatic carbocycles. The highest BCUT2D eigenvalue weighted by Crippen LogP contribution is 2.17. The van der Waals surface area contributed by atoms with E-state index in [1.807, 2.05) is 55.8 Å². The number of nitrogens with zero attached hydrogens (tertiary/aromatic N) is 3. The molecule has 3 rings (SSSR count). The molecule has 5 nitrogen and oxygen atoms in total. The molecule has 0 spiro atoms. The van der Waals surface area contributed by atoms with Gasteiger partial charge in [-0.3, -0.25) is 9.20 Å². The maximum atomic E-state index is 12.5. The fourth-order valence-corrected chi connectivity index (χ4v) is 2.85. The summed E-state index contributed by atoms with van der Waals surface area (Å²) in [4.78, 5) is 17.0. The average Bonchev–Trinajstić information content (AvgIpc) is 2.97. The largest absolute Gasteiger partial charge is 0.350 e. The summed E-state index contributed by atoms with van der Waals surface area (Å²) in [6, 6.07) is 7.86. The summed E-state index contributed by atoms with van der Waals surface area (Å²) >= 11 is 3.43. The van der Waals surface area contributed by atoms with Gasteiger partial charge in [0.15, 0.2) is 0 Å². The Morgan fingerprint density at radius 1 is 1.27 bits per heavy atom. The maximum Gasteiger partial charge on any atom is 0.270 e. The first kappa shape index (κ1) is 14.8. The zero-order chi connectivity index (χ0) is 15.9. The number of hydrogen-bond donors (Lipinski definition) is 1. The molecule has 0 atom stereocenters.